The van der Waals surface area contributed by atoms with Gasteiger partial charge in [-0.15, -0.1) is 0 Å². The van der Waals surface area contributed by atoms with Gasteiger partial charge in [0.05, 0.1) is 5.56 Å². The second kappa shape index (κ2) is 4.65. The Labute approximate surface area is 98.9 Å². The van der Waals surface area contributed by atoms with E-state index in [0.29, 0.717) is 11.3 Å². The average Bonchev–Trinajstić information content (AvgIpc) is 2.26. The predicted octanol–water partition coefficient (Wildman–Crippen LogP) is 4.14. The molecule has 92 valence electrons. The van der Waals surface area contributed by atoms with Crippen LogP contribution in [0, 0.1) is 0 Å². The van der Waals surface area contributed by atoms with Crippen LogP contribution < -0.4 is 0 Å². The van der Waals surface area contributed by atoms with E-state index in [1.54, 1.807) is 18.9 Å². The maximum Gasteiger partial charge on any atom is 0.416 e. The van der Waals surface area contributed by atoms with Crippen LogP contribution in [0.15, 0.2) is 43.1 Å². The summed E-state index contributed by atoms with van der Waals surface area (Å²) in [5, 5.41) is 0. The molecular weight excluding hydrogens is 227 g/mol. The van der Waals surface area contributed by atoms with Crippen LogP contribution in [0.25, 0.3) is 5.70 Å². The number of halogens is 3. The topological polar surface area (TPSA) is 3.24 Å². The van der Waals surface area contributed by atoms with E-state index >= 15 is 0 Å². The van der Waals surface area contributed by atoms with Crippen LogP contribution in [0.5, 0.6) is 0 Å². The molecule has 0 aliphatic carbocycles. The molecule has 0 saturated carbocycles. The van der Waals surface area contributed by atoms with Crippen LogP contribution in [0.1, 0.15) is 18.1 Å². The molecule has 0 amide bonds. The first-order chi connectivity index (χ1) is 7.73. The Bertz CT molecular complexity index is 429. The quantitative estimate of drug-likeness (QED) is 0.768. The molecule has 0 atom stereocenters. The van der Waals surface area contributed by atoms with E-state index in [0.717, 1.165) is 17.8 Å². The summed E-state index contributed by atoms with van der Waals surface area (Å²) in [5.41, 5.74) is 1.37. The maximum atomic E-state index is 12.4. The number of alkyl halides is 3. The van der Waals surface area contributed by atoms with Gasteiger partial charge in [0.25, 0.3) is 0 Å². The van der Waals surface area contributed by atoms with Gasteiger partial charge in [-0.05, 0) is 24.6 Å². The molecule has 0 heterocycles. The predicted molar refractivity (Wildman–Crippen MR) is 63.1 cm³/mol. The van der Waals surface area contributed by atoms with Gasteiger partial charge < -0.3 is 4.90 Å². The molecule has 0 saturated heterocycles. The van der Waals surface area contributed by atoms with E-state index in [1.807, 2.05) is 0 Å². The molecule has 1 aromatic rings. The van der Waals surface area contributed by atoms with Crippen LogP contribution in [0.3, 0.4) is 0 Å². The molecule has 0 unspecified atom stereocenters. The van der Waals surface area contributed by atoms with Crippen LogP contribution in [0.2, 0.25) is 0 Å². The van der Waals surface area contributed by atoms with E-state index in [9.17, 15) is 13.2 Å². The Kier molecular flexibility index (Phi) is 3.66. The molecule has 0 aliphatic rings. The molecule has 1 nitrogen and oxygen atoms in total. The molecule has 0 bridgehead atoms. The minimum atomic E-state index is -4.31. The molecule has 1 rings (SSSR count). The van der Waals surface area contributed by atoms with Crippen molar-refractivity contribution in [2.24, 2.45) is 0 Å². The van der Waals surface area contributed by atoms with Crippen molar-refractivity contribution in [1.82, 2.24) is 4.90 Å². The molecule has 0 radical (unpaired) electrons. The number of hydrogen-bond donors (Lipinski definition) is 0. The van der Waals surface area contributed by atoms with Gasteiger partial charge in [0, 0.05) is 18.4 Å². The zero-order valence-corrected chi connectivity index (χ0v) is 9.80. The average molecular weight is 241 g/mol. The molecule has 0 aromatic heterocycles. The first-order valence-electron chi connectivity index (χ1n) is 4.99. The van der Waals surface area contributed by atoms with Gasteiger partial charge in [0.15, 0.2) is 0 Å². The minimum absolute atomic E-state index is 0.617. The van der Waals surface area contributed by atoms with Crippen molar-refractivity contribution >= 4 is 5.70 Å². The Balaban J connectivity index is 2.96. The minimum Gasteiger partial charge on any atom is -0.349 e. The van der Waals surface area contributed by atoms with Crippen molar-refractivity contribution in [2.75, 3.05) is 7.05 Å². The van der Waals surface area contributed by atoms with E-state index < -0.39 is 11.7 Å². The SMILES string of the molecule is C=C(C)N(C)C(=C)c1ccc(C(F)(F)F)cc1. The van der Waals surface area contributed by atoms with E-state index in [2.05, 4.69) is 13.2 Å². The van der Waals surface area contributed by atoms with Crippen molar-refractivity contribution in [3.05, 3.63) is 54.2 Å². The highest BCUT2D eigenvalue weighted by molar-refractivity contribution is 5.63. The molecule has 0 fully saturated rings. The lowest BCUT2D eigenvalue weighted by atomic mass is 10.1. The summed E-state index contributed by atoms with van der Waals surface area (Å²) in [7, 11) is 1.77. The van der Waals surface area contributed by atoms with Crippen LogP contribution in [-0.2, 0) is 6.18 Å². The van der Waals surface area contributed by atoms with Crippen molar-refractivity contribution in [3.8, 4) is 0 Å². The van der Waals surface area contributed by atoms with Gasteiger partial charge in [-0.2, -0.15) is 13.2 Å². The fourth-order valence-corrected chi connectivity index (χ4v) is 1.28. The van der Waals surface area contributed by atoms with E-state index in [1.165, 1.54) is 12.1 Å². The first kappa shape index (κ1) is 13.4. The largest absolute Gasteiger partial charge is 0.416 e. The maximum absolute atomic E-state index is 12.4. The van der Waals surface area contributed by atoms with Crippen molar-refractivity contribution in [2.45, 2.75) is 13.1 Å². The summed E-state index contributed by atoms with van der Waals surface area (Å²) in [4.78, 5) is 1.72. The van der Waals surface area contributed by atoms with Gasteiger partial charge in [0.2, 0.25) is 0 Å². The molecule has 17 heavy (non-hydrogen) atoms. The Morgan fingerprint density at radius 2 is 1.59 bits per heavy atom. The number of allylic oxidation sites excluding steroid dienone is 1. The third-order valence-electron chi connectivity index (χ3n) is 2.52. The molecule has 0 aliphatic heterocycles. The highest BCUT2D eigenvalue weighted by Gasteiger charge is 2.30. The lowest BCUT2D eigenvalue weighted by molar-refractivity contribution is -0.137. The van der Waals surface area contributed by atoms with Gasteiger partial charge in [-0.3, -0.25) is 0 Å². The number of nitrogens with zero attached hydrogens (tertiary/aromatic N) is 1. The summed E-state index contributed by atoms with van der Waals surface area (Å²) in [6, 6.07) is 4.91. The smallest absolute Gasteiger partial charge is 0.349 e. The molecule has 0 spiro atoms. The third kappa shape index (κ3) is 3.12. The van der Waals surface area contributed by atoms with Crippen LogP contribution in [-0.4, -0.2) is 11.9 Å². The zero-order chi connectivity index (χ0) is 13.2. The standard InChI is InChI=1S/C13H14F3N/c1-9(2)17(4)10(3)11-5-7-12(8-6-11)13(14,15)16/h5-8H,1,3H2,2,4H3. The fraction of sp³-hybridized carbons (Fsp3) is 0.231. The summed E-state index contributed by atoms with van der Waals surface area (Å²) >= 11 is 0. The molecule has 4 heteroatoms. The van der Waals surface area contributed by atoms with Gasteiger partial charge >= 0.3 is 6.18 Å². The molecule has 0 N–H and O–H groups in total. The number of rotatable bonds is 3. The second-order valence-electron chi connectivity index (χ2n) is 3.82. The lowest BCUT2D eigenvalue weighted by Gasteiger charge is -2.22. The van der Waals surface area contributed by atoms with Crippen LogP contribution >= 0.6 is 0 Å². The number of benzene rings is 1. The van der Waals surface area contributed by atoms with Gasteiger partial charge in [-0.1, -0.05) is 25.3 Å². The normalized spacial score (nSPS) is 11.1. The summed E-state index contributed by atoms with van der Waals surface area (Å²) in [6.45, 7) is 9.37. The van der Waals surface area contributed by atoms with Crippen molar-refractivity contribution in [1.29, 1.82) is 0 Å². The summed E-state index contributed by atoms with van der Waals surface area (Å²) in [6.07, 6.45) is -4.31. The van der Waals surface area contributed by atoms with Crippen molar-refractivity contribution in [3.63, 3.8) is 0 Å². The third-order valence-corrected chi connectivity index (χ3v) is 2.52. The Morgan fingerprint density at radius 3 is 1.94 bits per heavy atom. The van der Waals surface area contributed by atoms with E-state index in [4.69, 9.17) is 0 Å². The molecular formula is C13H14F3N. The summed E-state index contributed by atoms with van der Waals surface area (Å²) in [5.74, 6) is 0. The first-order valence-corrected chi connectivity index (χ1v) is 4.99. The Morgan fingerprint density at radius 1 is 1.12 bits per heavy atom. The number of hydrogen-bond acceptors (Lipinski definition) is 1. The fourth-order valence-electron chi connectivity index (χ4n) is 1.28. The monoisotopic (exact) mass is 241 g/mol. The van der Waals surface area contributed by atoms with Crippen LogP contribution in [0.4, 0.5) is 13.2 Å². The summed E-state index contributed by atoms with van der Waals surface area (Å²) < 4.78 is 37.1. The van der Waals surface area contributed by atoms with Gasteiger partial charge in [-0.25, -0.2) is 0 Å². The highest BCUT2D eigenvalue weighted by atomic mass is 19.4. The highest BCUT2D eigenvalue weighted by Crippen LogP contribution is 2.30. The molecule has 1 aromatic carbocycles. The second-order valence-corrected chi connectivity index (χ2v) is 3.82. The zero-order valence-electron chi connectivity index (χ0n) is 9.80. The lowest BCUT2D eigenvalue weighted by Crippen LogP contribution is -2.13. The Hall–Kier alpha value is -1.71. The van der Waals surface area contributed by atoms with Gasteiger partial charge in [0.1, 0.15) is 0 Å². The van der Waals surface area contributed by atoms with E-state index in [-0.39, 0.29) is 0 Å². The van der Waals surface area contributed by atoms with Crippen molar-refractivity contribution < 1.29 is 13.2 Å².